The summed E-state index contributed by atoms with van der Waals surface area (Å²) in [5.74, 6) is -0.878. The molecule has 1 aromatic heterocycles. The van der Waals surface area contributed by atoms with Crippen molar-refractivity contribution in [2.24, 2.45) is 11.7 Å². The first-order valence-electron chi connectivity index (χ1n) is 26.6. The van der Waals surface area contributed by atoms with Crippen LogP contribution in [0.3, 0.4) is 0 Å². The summed E-state index contributed by atoms with van der Waals surface area (Å²) in [6, 6.07) is 15.1. The van der Waals surface area contributed by atoms with Crippen LogP contribution in [0.2, 0.25) is 5.02 Å². The van der Waals surface area contributed by atoms with Gasteiger partial charge in [0.05, 0.1) is 22.5 Å². The predicted octanol–water partition coefficient (Wildman–Crippen LogP) is 9.49. The quantitative estimate of drug-likeness (QED) is 0.0352. The first-order valence-corrected chi connectivity index (χ1v) is 27.8. The number of aldehydes is 1. The van der Waals surface area contributed by atoms with Crippen molar-refractivity contribution in [1.29, 1.82) is 10.8 Å². The first-order chi connectivity index (χ1) is 36.3. The number of aromatic hydroxyl groups is 2. The molecule has 18 nitrogen and oxygen atoms in total. The maximum atomic E-state index is 13.6. The fourth-order valence-electron chi connectivity index (χ4n) is 8.83. The molecule has 3 amide bonds. The van der Waals surface area contributed by atoms with Crippen molar-refractivity contribution < 1.29 is 29.4 Å². The third-order valence-electron chi connectivity index (χ3n) is 13.1. The van der Waals surface area contributed by atoms with Gasteiger partial charge in [0.1, 0.15) is 28.2 Å². The SMILES string of the molecule is CC.CC.CC(C)c1cc(C(=N)N(C(=N)C=O)c2ccc(CN3CCC(C(=O)N4CCN(C(=O)CCC(=O)Nc5cccc(Sc6ncc(N7CCC(C)(N)CC7)nc6N)c5Cl)CC4)CC3)cc2)c(O)cc1O.CCC. The minimum atomic E-state index is -0.484. The normalized spacial score (nSPS) is 15.4. The van der Waals surface area contributed by atoms with E-state index in [1.807, 2.05) is 58.6 Å². The number of nitrogens with zero attached hydrogens (tertiary/aromatic N) is 7. The van der Waals surface area contributed by atoms with Crippen LogP contribution in [0.4, 0.5) is 23.0 Å². The highest BCUT2D eigenvalue weighted by Gasteiger charge is 2.32. The van der Waals surface area contributed by atoms with Gasteiger partial charge in [-0.05, 0) is 93.1 Å². The Morgan fingerprint density at radius 2 is 1.51 bits per heavy atom. The number of hydrogen-bond acceptors (Lipinski definition) is 15. The topological polar surface area (TPSA) is 262 Å². The lowest BCUT2D eigenvalue weighted by atomic mass is 9.91. The molecule has 4 aromatic rings. The molecular formula is C56H81ClN12O6S. The Labute approximate surface area is 459 Å². The van der Waals surface area contributed by atoms with Crippen LogP contribution in [-0.4, -0.2) is 128 Å². The average Bonchev–Trinajstić information content (AvgIpc) is 3.41. The number of phenolic OH excluding ortho intramolecular Hbond substituents is 2. The lowest BCUT2D eigenvalue weighted by Gasteiger charge is -2.38. The zero-order valence-corrected chi connectivity index (χ0v) is 47.5. The molecule has 0 radical (unpaired) electrons. The Morgan fingerprint density at radius 3 is 2.09 bits per heavy atom. The molecule has 0 saturated carbocycles. The largest absolute Gasteiger partial charge is 0.508 e. The molecule has 0 atom stereocenters. The van der Waals surface area contributed by atoms with Crippen molar-refractivity contribution in [3.8, 4) is 11.5 Å². The zero-order valence-electron chi connectivity index (χ0n) is 45.9. The number of benzene rings is 3. The summed E-state index contributed by atoms with van der Waals surface area (Å²) in [4.78, 5) is 70.4. The molecule has 3 saturated heterocycles. The first kappa shape index (κ1) is 62.3. The maximum absolute atomic E-state index is 13.6. The molecule has 414 valence electrons. The number of hydrogen-bond donors (Lipinski definition) is 7. The molecule has 9 N–H and O–H groups in total. The number of amidine groups is 2. The molecule has 76 heavy (non-hydrogen) atoms. The van der Waals surface area contributed by atoms with Crippen LogP contribution in [0.1, 0.15) is 130 Å². The lowest BCUT2D eigenvalue weighted by molar-refractivity contribution is -0.143. The number of phenols is 2. The number of carbonyl (C=O) groups excluding carboxylic acids is 4. The van der Waals surface area contributed by atoms with E-state index in [4.69, 9.17) is 33.9 Å². The fourth-order valence-corrected chi connectivity index (χ4v) is 9.93. The van der Waals surface area contributed by atoms with Crippen LogP contribution in [0.5, 0.6) is 11.5 Å². The molecule has 3 aliphatic heterocycles. The van der Waals surface area contributed by atoms with Crippen molar-refractivity contribution in [3.05, 3.63) is 82.5 Å². The minimum absolute atomic E-state index is 0.0149. The van der Waals surface area contributed by atoms with E-state index in [9.17, 15) is 29.4 Å². The second-order valence-electron chi connectivity index (χ2n) is 19.2. The maximum Gasteiger partial charge on any atom is 0.225 e. The molecular weight excluding hydrogens is 1000 g/mol. The Hall–Kier alpha value is -6.28. The van der Waals surface area contributed by atoms with Crippen LogP contribution in [0, 0.1) is 16.7 Å². The average molecular weight is 1090 g/mol. The predicted molar refractivity (Wildman–Crippen MR) is 307 cm³/mol. The molecule has 4 heterocycles. The second kappa shape index (κ2) is 29.9. The standard InChI is InChI=1S/C49H61ClN12O6S.C3H8.2C2H6/c1-30(2)34-25-35(38(65)26-37(34)64)46(53)62(40(51)29-63)33-9-7-31(8-10-33)28-58-17-13-32(14-18-58)48(68)61-23-21-60(22-24-61)43(67)12-11-42(66)56-36-5-4-6-39(44(36)50)69-47-45(52)57-41(27-55-47)59-19-15-49(3,54)16-20-59;1-3-2;2*1-2/h4-10,25-27,29-30,32,51,53,64-65H,11-24,28,54H2,1-3H3,(H2,52,57)(H,56,66);3H2,1-2H3;2*1-2H3. The summed E-state index contributed by atoms with van der Waals surface area (Å²) in [7, 11) is 0. The summed E-state index contributed by atoms with van der Waals surface area (Å²) >= 11 is 7.98. The molecule has 0 bridgehead atoms. The molecule has 3 aliphatic rings. The number of piperazine rings is 1. The number of aromatic nitrogens is 2. The molecule has 0 aliphatic carbocycles. The Morgan fingerprint density at radius 1 is 0.908 bits per heavy atom. The van der Waals surface area contributed by atoms with Gasteiger partial charge in [0.2, 0.25) is 17.7 Å². The fraction of sp³-hybridized carbons (Fsp3) is 0.500. The Balaban J connectivity index is 0.00000170. The van der Waals surface area contributed by atoms with Gasteiger partial charge in [-0.25, -0.2) is 9.97 Å². The van der Waals surface area contributed by atoms with Crippen molar-refractivity contribution in [1.82, 2.24) is 24.7 Å². The van der Waals surface area contributed by atoms with Crippen LogP contribution in [0.25, 0.3) is 0 Å². The third kappa shape index (κ3) is 16.9. The van der Waals surface area contributed by atoms with Crippen molar-refractivity contribution in [2.75, 3.05) is 73.2 Å². The summed E-state index contributed by atoms with van der Waals surface area (Å²) < 4.78 is 0. The molecule has 3 fully saturated rings. The van der Waals surface area contributed by atoms with Gasteiger partial charge in [-0.1, -0.05) is 103 Å². The summed E-state index contributed by atoms with van der Waals surface area (Å²) in [5.41, 5.74) is 14.8. The lowest BCUT2D eigenvalue weighted by Crippen LogP contribution is -2.53. The number of nitrogens with one attached hydrogen (secondary N) is 3. The summed E-state index contributed by atoms with van der Waals surface area (Å²) in [6.45, 7) is 23.3. The number of anilines is 4. The zero-order chi connectivity index (χ0) is 56.3. The van der Waals surface area contributed by atoms with Gasteiger partial charge in [-0.15, -0.1) is 0 Å². The number of piperidine rings is 2. The highest BCUT2D eigenvalue weighted by molar-refractivity contribution is 7.99. The number of carbonyl (C=O) groups is 4. The van der Waals surface area contributed by atoms with E-state index in [0.717, 1.165) is 36.4 Å². The van der Waals surface area contributed by atoms with E-state index in [-0.39, 0.29) is 76.7 Å². The third-order valence-corrected chi connectivity index (χ3v) is 14.7. The van der Waals surface area contributed by atoms with E-state index in [0.29, 0.717) is 103 Å². The smallest absolute Gasteiger partial charge is 0.225 e. The van der Waals surface area contributed by atoms with Crippen LogP contribution in [0.15, 0.2) is 70.7 Å². The molecule has 7 rings (SSSR count). The van der Waals surface area contributed by atoms with Gasteiger partial charge in [-0.3, -0.25) is 39.8 Å². The monoisotopic (exact) mass is 1080 g/mol. The summed E-state index contributed by atoms with van der Waals surface area (Å²) in [5, 5.41) is 41.7. The van der Waals surface area contributed by atoms with Gasteiger partial charge >= 0.3 is 0 Å². The van der Waals surface area contributed by atoms with E-state index in [1.165, 1.54) is 30.3 Å². The Kier molecular flexibility index (Phi) is 24.5. The molecule has 3 aromatic carbocycles. The highest BCUT2D eigenvalue weighted by atomic mass is 35.5. The molecule has 20 heteroatoms. The number of halogens is 1. The summed E-state index contributed by atoms with van der Waals surface area (Å²) in [6.07, 6.45) is 6.33. The number of amides is 3. The van der Waals surface area contributed by atoms with Crippen LogP contribution >= 0.6 is 23.4 Å². The number of rotatable bonds is 14. The van der Waals surface area contributed by atoms with E-state index >= 15 is 0 Å². The number of nitrogens with two attached hydrogens (primary N) is 2. The van der Waals surface area contributed by atoms with Gasteiger partial charge in [0.25, 0.3) is 0 Å². The highest BCUT2D eigenvalue weighted by Crippen LogP contribution is 2.39. The van der Waals surface area contributed by atoms with Crippen LogP contribution in [-0.2, 0) is 25.7 Å². The van der Waals surface area contributed by atoms with E-state index in [1.54, 1.807) is 41.4 Å². The van der Waals surface area contributed by atoms with Gasteiger partial charge in [0, 0.05) is 86.8 Å². The molecule has 0 spiro atoms. The minimum Gasteiger partial charge on any atom is -0.508 e. The van der Waals surface area contributed by atoms with Crippen molar-refractivity contribution >= 4 is 82.1 Å². The van der Waals surface area contributed by atoms with Crippen LogP contribution < -0.4 is 26.6 Å². The van der Waals surface area contributed by atoms with Gasteiger partial charge in [-0.2, -0.15) is 0 Å². The number of nitrogen functional groups attached to an aromatic ring is 1. The van der Waals surface area contributed by atoms with Gasteiger partial charge < -0.3 is 41.7 Å². The molecule has 0 unspecified atom stereocenters. The van der Waals surface area contributed by atoms with Crippen molar-refractivity contribution in [3.63, 3.8) is 0 Å². The van der Waals surface area contributed by atoms with Gasteiger partial charge in [0.15, 0.2) is 17.9 Å². The van der Waals surface area contributed by atoms with E-state index < -0.39 is 5.84 Å². The number of likely N-dealkylation sites (tertiary alicyclic amines) is 1. The van der Waals surface area contributed by atoms with E-state index in [2.05, 4.69) is 45.9 Å². The van der Waals surface area contributed by atoms with Crippen molar-refractivity contribution in [2.45, 2.75) is 135 Å². The Bertz CT molecular complexity index is 2590. The second-order valence-corrected chi connectivity index (χ2v) is 20.6.